The van der Waals surface area contributed by atoms with Gasteiger partial charge in [-0.25, -0.2) is 0 Å². The minimum atomic E-state index is 0.444. The lowest BCUT2D eigenvalue weighted by molar-refractivity contribution is 0.255. The van der Waals surface area contributed by atoms with E-state index < -0.39 is 0 Å². The molecule has 1 N–H and O–H groups in total. The van der Waals surface area contributed by atoms with E-state index in [2.05, 4.69) is 40.4 Å². The van der Waals surface area contributed by atoms with Gasteiger partial charge < -0.3 is 5.32 Å². The molecule has 3 heteroatoms. The van der Waals surface area contributed by atoms with E-state index in [9.17, 15) is 0 Å². The summed E-state index contributed by atoms with van der Waals surface area (Å²) in [5.41, 5.74) is 1.75. The minimum absolute atomic E-state index is 0.444. The van der Waals surface area contributed by atoms with Crippen LogP contribution in [0.15, 0.2) is 22.7 Å². The number of nitrogens with one attached hydrogen (secondary N) is 1. The van der Waals surface area contributed by atoms with Crippen molar-refractivity contribution in [3.8, 4) is 0 Å². The molecule has 0 saturated heterocycles. The third kappa shape index (κ3) is 2.48. The number of halogens is 2. The van der Waals surface area contributed by atoms with Gasteiger partial charge >= 0.3 is 0 Å². The Morgan fingerprint density at radius 1 is 1.39 bits per heavy atom. The molecule has 0 aromatic heterocycles. The zero-order valence-corrected chi connectivity index (χ0v) is 13.0. The third-order valence-corrected chi connectivity index (χ3v) is 5.44. The SMILES string of the molecule is CNCC1(Cc2ccc(Br)cc2Cl)CC2CC2C1. The van der Waals surface area contributed by atoms with Crippen molar-refractivity contribution in [3.63, 3.8) is 0 Å². The molecule has 0 radical (unpaired) electrons. The highest BCUT2D eigenvalue weighted by Crippen LogP contribution is 2.60. The van der Waals surface area contributed by atoms with Gasteiger partial charge in [-0.1, -0.05) is 33.6 Å². The van der Waals surface area contributed by atoms with Crippen LogP contribution in [0.4, 0.5) is 0 Å². The summed E-state index contributed by atoms with van der Waals surface area (Å²) in [7, 11) is 2.06. The zero-order chi connectivity index (χ0) is 12.8. The van der Waals surface area contributed by atoms with Gasteiger partial charge in [-0.15, -0.1) is 0 Å². The van der Waals surface area contributed by atoms with Crippen LogP contribution in [0.1, 0.15) is 24.8 Å². The molecule has 98 valence electrons. The summed E-state index contributed by atoms with van der Waals surface area (Å²) in [6, 6.07) is 6.29. The zero-order valence-electron chi connectivity index (χ0n) is 10.7. The maximum atomic E-state index is 6.37. The van der Waals surface area contributed by atoms with Crippen LogP contribution in [0.25, 0.3) is 0 Å². The Morgan fingerprint density at radius 2 is 2.11 bits per heavy atom. The fourth-order valence-electron chi connectivity index (χ4n) is 3.80. The molecule has 2 saturated carbocycles. The van der Waals surface area contributed by atoms with Crippen LogP contribution < -0.4 is 5.32 Å². The Labute approximate surface area is 122 Å². The Hall–Kier alpha value is -0.0500. The van der Waals surface area contributed by atoms with Gasteiger partial charge in [0.05, 0.1) is 0 Å². The highest BCUT2D eigenvalue weighted by Gasteiger charge is 2.53. The molecule has 0 heterocycles. The molecule has 2 fully saturated rings. The summed E-state index contributed by atoms with van der Waals surface area (Å²) >= 11 is 9.84. The largest absolute Gasteiger partial charge is 0.319 e. The normalized spacial score (nSPS) is 33.5. The Kier molecular flexibility index (Phi) is 3.46. The van der Waals surface area contributed by atoms with Crippen LogP contribution in [0.5, 0.6) is 0 Å². The highest BCUT2D eigenvalue weighted by atomic mass is 79.9. The molecule has 1 aromatic carbocycles. The fourth-order valence-corrected chi connectivity index (χ4v) is 4.54. The van der Waals surface area contributed by atoms with E-state index in [1.807, 2.05) is 6.07 Å². The first-order valence-corrected chi connectivity index (χ1v) is 7.87. The number of hydrogen-bond acceptors (Lipinski definition) is 1. The van der Waals surface area contributed by atoms with Crippen LogP contribution in [0, 0.1) is 17.3 Å². The van der Waals surface area contributed by atoms with Crippen molar-refractivity contribution >= 4 is 27.5 Å². The second-order valence-corrected chi connectivity index (χ2v) is 7.43. The smallest absolute Gasteiger partial charge is 0.0449 e. The third-order valence-electron chi connectivity index (χ3n) is 4.59. The molecule has 0 bridgehead atoms. The Balaban J connectivity index is 1.80. The number of rotatable bonds is 4. The van der Waals surface area contributed by atoms with Gasteiger partial charge in [0.2, 0.25) is 0 Å². The summed E-state index contributed by atoms with van der Waals surface area (Å²) in [6.45, 7) is 1.12. The van der Waals surface area contributed by atoms with Crippen LogP contribution in [0.2, 0.25) is 5.02 Å². The van der Waals surface area contributed by atoms with Gasteiger partial charge in [0, 0.05) is 16.0 Å². The average Bonchev–Trinajstić information content (AvgIpc) is 2.92. The summed E-state index contributed by atoms with van der Waals surface area (Å²) in [4.78, 5) is 0. The molecule has 2 aliphatic rings. The van der Waals surface area contributed by atoms with Crippen LogP contribution in [-0.2, 0) is 6.42 Å². The molecule has 1 aromatic rings. The lowest BCUT2D eigenvalue weighted by Gasteiger charge is -2.31. The van der Waals surface area contributed by atoms with E-state index in [0.29, 0.717) is 5.41 Å². The number of fused-ring (bicyclic) bond motifs is 1. The summed E-state index contributed by atoms with van der Waals surface area (Å²) < 4.78 is 1.06. The minimum Gasteiger partial charge on any atom is -0.319 e. The second kappa shape index (κ2) is 4.81. The fraction of sp³-hybridized carbons (Fsp3) is 0.600. The van der Waals surface area contributed by atoms with Gasteiger partial charge in [-0.3, -0.25) is 0 Å². The van der Waals surface area contributed by atoms with Crippen LogP contribution >= 0.6 is 27.5 Å². The van der Waals surface area contributed by atoms with Crippen molar-refractivity contribution in [1.82, 2.24) is 5.32 Å². The molecule has 3 rings (SSSR count). The van der Waals surface area contributed by atoms with Crippen LogP contribution in [-0.4, -0.2) is 13.6 Å². The van der Waals surface area contributed by atoms with Gasteiger partial charge in [0.1, 0.15) is 0 Å². The first kappa shape index (κ1) is 13.0. The molecule has 0 aliphatic heterocycles. The van der Waals surface area contributed by atoms with E-state index >= 15 is 0 Å². The standard InChI is InChI=1S/C15H19BrClN/c1-18-9-15(7-11-4-12(11)8-15)6-10-2-3-13(16)5-14(10)17/h2-3,5,11-12,18H,4,6-9H2,1H3. The Morgan fingerprint density at radius 3 is 2.72 bits per heavy atom. The second-order valence-electron chi connectivity index (χ2n) is 6.11. The van der Waals surface area contributed by atoms with E-state index in [4.69, 9.17) is 11.6 Å². The van der Waals surface area contributed by atoms with Crippen molar-refractivity contribution in [2.45, 2.75) is 25.7 Å². The molecular formula is C15H19BrClN. The lowest BCUT2D eigenvalue weighted by atomic mass is 9.77. The van der Waals surface area contributed by atoms with Crippen molar-refractivity contribution in [3.05, 3.63) is 33.3 Å². The Bertz CT molecular complexity index is 450. The van der Waals surface area contributed by atoms with E-state index in [0.717, 1.165) is 34.3 Å². The molecule has 1 nitrogen and oxygen atoms in total. The number of benzene rings is 1. The highest BCUT2D eigenvalue weighted by molar-refractivity contribution is 9.10. The first-order chi connectivity index (χ1) is 8.62. The molecular weight excluding hydrogens is 310 g/mol. The van der Waals surface area contributed by atoms with E-state index in [1.54, 1.807) is 0 Å². The van der Waals surface area contributed by atoms with Gasteiger partial charge in [-0.05, 0) is 67.7 Å². The predicted octanol–water partition coefficient (Wildman–Crippen LogP) is 4.28. The molecule has 2 unspecified atom stereocenters. The first-order valence-electron chi connectivity index (χ1n) is 6.70. The molecule has 2 atom stereocenters. The van der Waals surface area contributed by atoms with Crippen molar-refractivity contribution in [2.75, 3.05) is 13.6 Å². The lowest BCUT2D eigenvalue weighted by Crippen LogP contribution is -2.33. The summed E-state index contributed by atoms with van der Waals surface area (Å²) in [6.07, 6.45) is 5.35. The topological polar surface area (TPSA) is 12.0 Å². The monoisotopic (exact) mass is 327 g/mol. The van der Waals surface area contributed by atoms with Crippen LogP contribution in [0.3, 0.4) is 0 Å². The predicted molar refractivity (Wildman–Crippen MR) is 80.0 cm³/mol. The van der Waals surface area contributed by atoms with Gasteiger partial charge in [0.25, 0.3) is 0 Å². The quantitative estimate of drug-likeness (QED) is 0.870. The summed E-state index contributed by atoms with van der Waals surface area (Å²) in [5.74, 6) is 2.01. The number of hydrogen-bond donors (Lipinski definition) is 1. The molecule has 2 aliphatic carbocycles. The summed E-state index contributed by atoms with van der Waals surface area (Å²) in [5, 5.41) is 4.29. The van der Waals surface area contributed by atoms with Crippen molar-refractivity contribution < 1.29 is 0 Å². The van der Waals surface area contributed by atoms with Gasteiger partial charge in [0.15, 0.2) is 0 Å². The van der Waals surface area contributed by atoms with Crippen molar-refractivity contribution in [2.24, 2.45) is 17.3 Å². The molecule has 18 heavy (non-hydrogen) atoms. The maximum absolute atomic E-state index is 6.37. The average molecular weight is 329 g/mol. The molecule has 0 amide bonds. The van der Waals surface area contributed by atoms with Gasteiger partial charge in [-0.2, -0.15) is 0 Å². The maximum Gasteiger partial charge on any atom is 0.0449 e. The van der Waals surface area contributed by atoms with Crippen molar-refractivity contribution in [1.29, 1.82) is 0 Å². The van der Waals surface area contributed by atoms with E-state index in [-0.39, 0.29) is 0 Å². The van der Waals surface area contributed by atoms with E-state index in [1.165, 1.54) is 24.8 Å². The molecule has 0 spiro atoms.